The summed E-state index contributed by atoms with van der Waals surface area (Å²) in [6, 6.07) is 26.2. The van der Waals surface area contributed by atoms with Gasteiger partial charge in [-0.1, -0.05) is 90.1 Å². The van der Waals surface area contributed by atoms with Gasteiger partial charge in [-0.2, -0.15) is 4.98 Å². The number of carbonyl (C=O) groups excluding carboxylic acids is 2. The third kappa shape index (κ3) is 6.72. The van der Waals surface area contributed by atoms with Gasteiger partial charge in [0.05, 0.1) is 12.3 Å². The fourth-order valence-electron chi connectivity index (χ4n) is 4.58. The van der Waals surface area contributed by atoms with Crippen molar-refractivity contribution in [2.24, 2.45) is 11.5 Å². The topological polar surface area (TPSA) is 128 Å². The summed E-state index contributed by atoms with van der Waals surface area (Å²) >= 11 is 0. The highest BCUT2D eigenvalue weighted by molar-refractivity contribution is 5.92. The first-order chi connectivity index (χ1) is 18.5. The summed E-state index contributed by atoms with van der Waals surface area (Å²) in [6.07, 6.45) is 1.47. The Morgan fingerprint density at radius 2 is 1.47 bits per heavy atom. The lowest BCUT2D eigenvalue weighted by atomic mass is 9.89. The van der Waals surface area contributed by atoms with Crippen LogP contribution in [0.25, 0.3) is 0 Å². The summed E-state index contributed by atoms with van der Waals surface area (Å²) in [5.41, 5.74) is 15.2. The van der Waals surface area contributed by atoms with Crippen LogP contribution in [-0.2, 0) is 22.6 Å². The van der Waals surface area contributed by atoms with Crippen LogP contribution in [0.2, 0.25) is 0 Å². The molecule has 196 valence electrons. The first-order valence-corrected chi connectivity index (χ1v) is 12.7. The molecule has 1 heterocycles. The number of aromatic nitrogens is 2. The molecule has 0 saturated heterocycles. The van der Waals surface area contributed by atoms with E-state index in [2.05, 4.69) is 10.1 Å². The number of nitrogens with zero attached hydrogens (tertiary/aromatic N) is 3. The molecule has 38 heavy (non-hydrogen) atoms. The Morgan fingerprint density at radius 3 is 1.97 bits per heavy atom. The first kappa shape index (κ1) is 26.8. The van der Waals surface area contributed by atoms with Gasteiger partial charge < -0.3 is 20.9 Å². The molecule has 4 N–H and O–H groups in total. The van der Waals surface area contributed by atoms with E-state index in [1.165, 1.54) is 0 Å². The summed E-state index contributed by atoms with van der Waals surface area (Å²) in [4.78, 5) is 32.9. The second kappa shape index (κ2) is 12.8. The van der Waals surface area contributed by atoms with Gasteiger partial charge in [-0.15, -0.1) is 0 Å². The van der Waals surface area contributed by atoms with E-state index in [1.54, 1.807) is 11.8 Å². The monoisotopic (exact) mass is 511 g/mol. The number of aryl methyl sites for hydroxylation is 1. The molecule has 4 aromatic rings. The van der Waals surface area contributed by atoms with Crippen LogP contribution in [0.15, 0.2) is 89.5 Å². The van der Waals surface area contributed by atoms with Gasteiger partial charge in [0.15, 0.2) is 5.82 Å². The van der Waals surface area contributed by atoms with Crippen molar-refractivity contribution in [1.29, 1.82) is 0 Å². The summed E-state index contributed by atoms with van der Waals surface area (Å²) in [6.45, 7) is 2.41. The Labute approximate surface area is 222 Å². The first-order valence-electron chi connectivity index (χ1n) is 12.7. The number of rotatable bonds is 12. The fraction of sp³-hybridized carbons (Fsp3) is 0.267. The largest absolute Gasteiger partial charge is 0.368 e. The Morgan fingerprint density at radius 1 is 0.895 bits per heavy atom. The molecular formula is C30H33N5O3. The van der Waals surface area contributed by atoms with Crippen LogP contribution in [0.5, 0.6) is 0 Å². The molecule has 1 aromatic heterocycles. The summed E-state index contributed by atoms with van der Waals surface area (Å²) in [7, 11) is 0. The van der Waals surface area contributed by atoms with Crippen LogP contribution in [0, 0.1) is 6.92 Å². The molecule has 1 atom stereocenters. The smallest absolute Gasteiger partial charge is 0.240 e. The van der Waals surface area contributed by atoms with E-state index in [1.807, 2.05) is 84.9 Å². The molecule has 0 fully saturated rings. The molecule has 8 nitrogen and oxygen atoms in total. The van der Waals surface area contributed by atoms with E-state index in [4.69, 9.17) is 16.0 Å². The molecule has 0 unspecified atom stereocenters. The van der Waals surface area contributed by atoms with Crippen molar-refractivity contribution in [3.05, 3.63) is 119 Å². The van der Waals surface area contributed by atoms with Gasteiger partial charge in [0.2, 0.25) is 17.7 Å². The van der Waals surface area contributed by atoms with Crippen molar-refractivity contribution >= 4 is 11.8 Å². The van der Waals surface area contributed by atoms with Gasteiger partial charge in [-0.25, -0.2) is 0 Å². The minimum absolute atomic E-state index is 0.186. The van der Waals surface area contributed by atoms with E-state index < -0.39 is 17.9 Å². The molecule has 0 spiro atoms. The lowest BCUT2D eigenvalue weighted by molar-refractivity contribution is -0.141. The SMILES string of the molecule is Cc1noc(Cc2ccc(CN(C(=O)C(c3ccccc3)c3ccccc3)[C@H](CCCN)C(N)=O)cc2)n1. The van der Waals surface area contributed by atoms with Crippen LogP contribution in [0.4, 0.5) is 0 Å². The van der Waals surface area contributed by atoms with E-state index in [0.717, 1.165) is 22.3 Å². The van der Waals surface area contributed by atoms with Crippen LogP contribution in [0.3, 0.4) is 0 Å². The van der Waals surface area contributed by atoms with Crippen LogP contribution in [-0.4, -0.2) is 39.4 Å². The number of primary amides is 1. The Kier molecular flexibility index (Phi) is 9.00. The van der Waals surface area contributed by atoms with Crippen LogP contribution >= 0.6 is 0 Å². The van der Waals surface area contributed by atoms with Crippen molar-refractivity contribution in [3.63, 3.8) is 0 Å². The zero-order valence-electron chi connectivity index (χ0n) is 21.5. The lowest BCUT2D eigenvalue weighted by Crippen LogP contribution is -2.49. The Balaban J connectivity index is 1.67. The number of hydrogen-bond donors (Lipinski definition) is 2. The number of amides is 2. The maximum Gasteiger partial charge on any atom is 0.240 e. The molecule has 0 aliphatic carbocycles. The highest BCUT2D eigenvalue weighted by Gasteiger charge is 2.34. The highest BCUT2D eigenvalue weighted by Crippen LogP contribution is 2.29. The van der Waals surface area contributed by atoms with Gasteiger partial charge in [0.1, 0.15) is 6.04 Å². The number of nitrogens with two attached hydrogens (primary N) is 2. The molecule has 2 amide bonds. The third-order valence-electron chi connectivity index (χ3n) is 6.48. The molecule has 0 aliphatic rings. The van der Waals surface area contributed by atoms with Gasteiger partial charge in [0, 0.05) is 6.54 Å². The van der Waals surface area contributed by atoms with Crippen molar-refractivity contribution in [2.75, 3.05) is 6.54 Å². The number of hydrogen-bond acceptors (Lipinski definition) is 6. The van der Waals surface area contributed by atoms with Crippen LogP contribution < -0.4 is 11.5 Å². The average molecular weight is 512 g/mol. The zero-order valence-corrected chi connectivity index (χ0v) is 21.5. The maximum atomic E-state index is 14.3. The molecule has 0 bridgehead atoms. The van der Waals surface area contributed by atoms with Crippen LogP contribution in [0.1, 0.15) is 52.7 Å². The van der Waals surface area contributed by atoms with Gasteiger partial charge in [0.25, 0.3) is 0 Å². The molecular weight excluding hydrogens is 478 g/mol. The van der Waals surface area contributed by atoms with Crippen molar-refractivity contribution in [2.45, 2.75) is 44.7 Å². The minimum Gasteiger partial charge on any atom is -0.368 e. The maximum absolute atomic E-state index is 14.3. The summed E-state index contributed by atoms with van der Waals surface area (Å²) in [5.74, 6) is -0.191. The van der Waals surface area contributed by atoms with Crippen molar-refractivity contribution in [3.8, 4) is 0 Å². The molecule has 0 aliphatic heterocycles. The molecule has 0 saturated carbocycles. The van der Waals surface area contributed by atoms with E-state index in [9.17, 15) is 9.59 Å². The van der Waals surface area contributed by atoms with Crippen molar-refractivity contribution < 1.29 is 14.1 Å². The van der Waals surface area contributed by atoms with Gasteiger partial charge >= 0.3 is 0 Å². The lowest BCUT2D eigenvalue weighted by Gasteiger charge is -2.33. The zero-order chi connectivity index (χ0) is 26.9. The van der Waals surface area contributed by atoms with Gasteiger partial charge in [-0.05, 0) is 48.6 Å². The van der Waals surface area contributed by atoms with Gasteiger partial charge in [-0.3, -0.25) is 9.59 Å². The Hall–Kier alpha value is -4.30. The average Bonchev–Trinajstić information content (AvgIpc) is 3.34. The predicted octanol–water partition coefficient (Wildman–Crippen LogP) is 3.72. The third-order valence-corrected chi connectivity index (χ3v) is 6.48. The normalized spacial score (nSPS) is 11.9. The highest BCUT2D eigenvalue weighted by atomic mass is 16.5. The van der Waals surface area contributed by atoms with E-state index in [0.29, 0.717) is 37.5 Å². The second-order valence-corrected chi connectivity index (χ2v) is 9.30. The van der Waals surface area contributed by atoms with Crippen molar-refractivity contribution in [1.82, 2.24) is 15.0 Å². The predicted molar refractivity (Wildman–Crippen MR) is 145 cm³/mol. The van der Waals surface area contributed by atoms with E-state index in [-0.39, 0.29) is 12.5 Å². The summed E-state index contributed by atoms with van der Waals surface area (Å²) < 4.78 is 5.22. The quantitative estimate of drug-likeness (QED) is 0.298. The molecule has 8 heteroatoms. The van der Waals surface area contributed by atoms with E-state index >= 15 is 0 Å². The Bertz CT molecular complexity index is 1280. The minimum atomic E-state index is -0.790. The molecule has 3 aromatic carbocycles. The molecule has 4 rings (SSSR count). The number of carbonyl (C=O) groups is 2. The standard InChI is InChI=1S/C30H33N5O3/c1-21-33-27(38-34-21)19-22-14-16-23(17-15-22)20-35(26(29(32)36)13-8-18-31)30(37)28(24-9-4-2-5-10-24)25-11-6-3-7-12-25/h2-7,9-12,14-17,26,28H,8,13,18-20,31H2,1H3,(H2,32,36)/t26-/m1/s1. The number of benzene rings is 3. The molecule has 0 radical (unpaired) electrons. The fourth-order valence-corrected chi connectivity index (χ4v) is 4.58. The second-order valence-electron chi connectivity index (χ2n) is 9.30. The summed E-state index contributed by atoms with van der Waals surface area (Å²) in [5, 5.41) is 3.83.